The fourth-order valence-corrected chi connectivity index (χ4v) is 4.44. The molecule has 33 heavy (non-hydrogen) atoms. The summed E-state index contributed by atoms with van der Waals surface area (Å²) >= 11 is 12.6. The molecule has 1 aliphatic rings. The molecule has 0 unspecified atom stereocenters. The molecule has 1 fully saturated rings. The van der Waals surface area contributed by atoms with E-state index < -0.39 is 11.5 Å². The standard InChI is InChI=1S/C23H20Cl2N6O2/c24-14-5-7-15(8-6-14)31-19(16-3-1-2-4-17(16)25)29-18-20(27-13-28-21(18)31)30-11-9-23(26,10-12-30)22(32)33/h1-8,13H,9-12,26H2,(H,32,33)/p-1. The SMILES string of the molecule is NC1(C(=O)[O-])CCN(c2ncnc3c2nc(-c2ccccc2Cl)n3-c2ccc(Cl)cc2)CC1. The third-order valence-electron chi connectivity index (χ3n) is 5.99. The fraction of sp³-hybridized carbons (Fsp3) is 0.217. The second kappa shape index (κ2) is 8.30. The summed E-state index contributed by atoms with van der Waals surface area (Å²) in [4.78, 5) is 27.3. The van der Waals surface area contributed by atoms with Gasteiger partial charge >= 0.3 is 0 Å². The minimum atomic E-state index is -1.34. The predicted molar refractivity (Wildman–Crippen MR) is 125 cm³/mol. The number of piperidine rings is 1. The number of aliphatic carboxylic acids is 1. The van der Waals surface area contributed by atoms with Crippen LogP contribution in [-0.4, -0.2) is 44.1 Å². The Kier molecular flexibility index (Phi) is 5.44. The summed E-state index contributed by atoms with van der Waals surface area (Å²) in [6.07, 6.45) is 1.97. The van der Waals surface area contributed by atoms with Gasteiger partial charge in [-0.15, -0.1) is 0 Å². The first kappa shape index (κ1) is 21.6. The number of rotatable bonds is 4. The average molecular weight is 482 g/mol. The van der Waals surface area contributed by atoms with E-state index in [1.165, 1.54) is 6.33 Å². The highest BCUT2D eigenvalue weighted by atomic mass is 35.5. The molecule has 2 aromatic carbocycles. The lowest BCUT2D eigenvalue weighted by Crippen LogP contribution is -2.60. The molecule has 2 aromatic heterocycles. The molecule has 0 atom stereocenters. The van der Waals surface area contributed by atoms with Crippen molar-refractivity contribution in [2.75, 3.05) is 18.0 Å². The second-order valence-electron chi connectivity index (χ2n) is 8.03. The maximum atomic E-state index is 11.4. The third-order valence-corrected chi connectivity index (χ3v) is 6.57. The molecule has 10 heteroatoms. The molecule has 168 valence electrons. The Morgan fingerprint density at radius 2 is 1.73 bits per heavy atom. The van der Waals surface area contributed by atoms with Crippen molar-refractivity contribution in [3.05, 3.63) is 64.9 Å². The number of carbonyl (C=O) groups excluding carboxylic acids is 1. The van der Waals surface area contributed by atoms with Crippen molar-refractivity contribution >= 4 is 46.2 Å². The first-order valence-corrected chi connectivity index (χ1v) is 11.1. The van der Waals surface area contributed by atoms with Crippen molar-refractivity contribution in [3.8, 4) is 17.1 Å². The van der Waals surface area contributed by atoms with Gasteiger partial charge in [0.15, 0.2) is 17.0 Å². The van der Waals surface area contributed by atoms with Crippen LogP contribution in [0.4, 0.5) is 5.82 Å². The molecule has 2 N–H and O–H groups in total. The Balaban J connectivity index is 1.67. The number of nitrogens with two attached hydrogens (primary N) is 1. The van der Waals surface area contributed by atoms with Crippen LogP contribution in [-0.2, 0) is 4.79 Å². The van der Waals surface area contributed by atoms with Crippen LogP contribution in [0.3, 0.4) is 0 Å². The molecular weight excluding hydrogens is 463 g/mol. The molecule has 0 saturated carbocycles. The van der Waals surface area contributed by atoms with Gasteiger partial charge in [-0.3, -0.25) is 4.57 Å². The van der Waals surface area contributed by atoms with Crippen molar-refractivity contribution < 1.29 is 9.90 Å². The summed E-state index contributed by atoms with van der Waals surface area (Å²) in [6, 6.07) is 14.8. The maximum Gasteiger partial charge on any atom is 0.170 e. The van der Waals surface area contributed by atoms with Crippen LogP contribution in [0.5, 0.6) is 0 Å². The summed E-state index contributed by atoms with van der Waals surface area (Å²) in [5.74, 6) is -0.0102. The zero-order valence-corrected chi connectivity index (χ0v) is 18.9. The van der Waals surface area contributed by atoms with E-state index in [4.69, 9.17) is 33.9 Å². The van der Waals surface area contributed by atoms with Gasteiger partial charge in [0.1, 0.15) is 12.2 Å². The molecule has 0 radical (unpaired) electrons. The normalized spacial score (nSPS) is 15.7. The molecule has 1 aliphatic heterocycles. The van der Waals surface area contributed by atoms with Crippen molar-refractivity contribution in [2.24, 2.45) is 5.73 Å². The lowest BCUT2D eigenvalue weighted by molar-refractivity contribution is -0.313. The topological polar surface area (TPSA) is 113 Å². The van der Waals surface area contributed by atoms with Gasteiger partial charge in [0.2, 0.25) is 0 Å². The number of carboxylic acids is 1. The highest BCUT2D eigenvalue weighted by molar-refractivity contribution is 6.33. The maximum absolute atomic E-state index is 11.4. The van der Waals surface area contributed by atoms with Gasteiger partial charge in [-0.2, -0.15) is 0 Å². The molecule has 0 aliphatic carbocycles. The van der Waals surface area contributed by atoms with Gasteiger partial charge in [-0.05, 0) is 49.2 Å². The number of benzene rings is 2. The Morgan fingerprint density at radius 1 is 1.03 bits per heavy atom. The summed E-state index contributed by atoms with van der Waals surface area (Å²) in [6.45, 7) is 0.817. The van der Waals surface area contributed by atoms with E-state index in [9.17, 15) is 9.90 Å². The van der Waals surface area contributed by atoms with Crippen LogP contribution < -0.4 is 15.7 Å². The molecule has 0 bridgehead atoms. The molecule has 4 aromatic rings. The van der Waals surface area contributed by atoms with E-state index >= 15 is 0 Å². The highest BCUT2D eigenvalue weighted by Crippen LogP contribution is 2.35. The lowest BCUT2D eigenvalue weighted by atomic mass is 9.89. The van der Waals surface area contributed by atoms with Crippen LogP contribution in [0.1, 0.15) is 12.8 Å². The Bertz CT molecular complexity index is 1350. The van der Waals surface area contributed by atoms with Crippen LogP contribution in [0.2, 0.25) is 10.0 Å². The zero-order chi connectivity index (χ0) is 23.2. The largest absolute Gasteiger partial charge is 0.548 e. The zero-order valence-electron chi connectivity index (χ0n) is 17.4. The van der Waals surface area contributed by atoms with Gasteiger partial charge < -0.3 is 20.5 Å². The number of hydrogen-bond acceptors (Lipinski definition) is 7. The number of aromatic nitrogens is 4. The quantitative estimate of drug-likeness (QED) is 0.476. The van der Waals surface area contributed by atoms with Crippen molar-refractivity contribution in [2.45, 2.75) is 18.4 Å². The van der Waals surface area contributed by atoms with E-state index in [1.54, 1.807) is 18.2 Å². The van der Waals surface area contributed by atoms with Gasteiger partial charge in [-0.1, -0.05) is 35.3 Å². The monoisotopic (exact) mass is 481 g/mol. The van der Waals surface area contributed by atoms with E-state index in [1.807, 2.05) is 39.8 Å². The molecule has 3 heterocycles. The first-order chi connectivity index (χ1) is 15.9. The van der Waals surface area contributed by atoms with Gasteiger partial charge in [0.25, 0.3) is 0 Å². The third kappa shape index (κ3) is 3.80. The van der Waals surface area contributed by atoms with Crippen molar-refractivity contribution in [1.82, 2.24) is 19.5 Å². The average Bonchev–Trinajstić information content (AvgIpc) is 3.20. The molecule has 8 nitrogen and oxygen atoms in total. The van der Waals surface area contributed by atoms with Crippen LogP contribution in [0.15, 0.2) is 54.9 Å². The molecule has 0 amide bonds. The number of halogens is 2. The van der Waals surface area contributed by atoms with Crippen molar-refractivity contribution in [3.63, 3.8) is 0 Å². The number of hydrogen-bond donors (Lipinski definition) is 1. The smallest absolute Gasteiger partial charge is 0.170 e. The minimum Gasteiger partial charge on any atom is -0.548 e. The van der Waals surface area contributed by atoms with E-state index in [2.05, 4.69) is 9.97 Å². The summed E-state index contributed by atoms with van der Waals surface area (Å²) < 4.78 is 1.91. The van der Waals surface area contributed by atoms with Crippen LogP contribution >= 0.6 is 23.2 Å². The van der Waals surface area contributed by atoms with Gasteiger partial charge in [0.05, 0.1) is 16.5 Å². The number of carbonyl (C=O) groups is 1. The van der Waals surface area contributed by atoms with Gasteiger partial charge in [0, 0.05) is 29.4 Å². The number of carboxylic acid groups (broad SMARTS) is 1. The number of anilines is 1. The second-order valence-corrected chi connectivity index (χ2v) is 8.87. The summed E-state index contributed by atoms with van der Waals surface area (Å²) in [5.41, 5.74) is 7.40. The first-order valence-electron chi connectivity index (χ1n) is 10.4. The Morgan fingerprint density at radius 3 is 2.39 bits per heavy atom. The number of fused-ring (bicyclic) bond motifs is 1. The van der Waals surface area contributed by atoms with E-state index in [0.29, 0.717) is 45.9 Å². The van der Waals surface area contributed by atoms with Crippen LogP contribution in [0, 0.1) is 0 Å². The minimum absolute atomic E-state index is 0.246. The predicted octanol–water partition coefficient (Wildman–Crippen LogP) is 2.84. The van der Waals surface area contributed by atoms with Crippen molar-refractivity contribution in [1.29, 1.82) is 0 Å². The Labute approximate surface area is 199 Å². The summed E-state index contributed by atoms with van der Waals surface area (Å²) in [5, 5.41) is 12.6. The number of imidazole rings is 1. The number of nitrogens with zero attached hydrogens (tertiary/aromatic N) is 5. The summed E-state index contributed by atoms with van der Waals surface area (Å²) in [7, 11) is 0. The lowest BCUT2D eigenvalue weighted by Gasteiger charge is -2.40. The van der Waals surface area contributed by atoms with E-state index in [0.717, 1.165) is 11.3 Å². The fourth-order valence-electron chi connectivity index (χ4n) is 4.09. The molecule has 0 spiro atoms. The highest BCUT2D eigenvalue weighted by Gasteiger charge is 2.33. The molecular formula is C23H19Cl2N6O2-. The van der Waals surface area contributed by atoms with E-state index in [-0.39, 0.29) is 12.8 Å². The Hall–Kier alpha value is -3.20. The molecule has 1 saturated heterocycles. The van der Waals surface area contributed by atoms with Crippen LogP contribution in [0.25, 0.3) is 28.2 Å². The van der Waals surface area contributed by atoms with Gasteiger partial charge in [-0.25, -0.2) is 15.0 Å². The molecule has 5 rings (SSSR count).